The molecule has 0 aliphatic rings. The van der Waals surface area contributed by atoms with Gasteiger partial charge in [0.1, 0.15) is 24.2 Å². The fourth-order valence-corrected chi connectivity index (χ4v) is 2.90. The van der Waals surface area contributed by atoms with Gasteiger partial charge in [-0.2, -0.15) is 11.8 Å². The summed E-state index contributed by atoms with van der Waals surface area (Å²) in [5.74, 6) is -4.71. The second-order valence-corrected chi connectivity index (χ2v) is 8.72. The van der Waals surface area contributed by atoms with E-state index in [4.69, 9.17) is 25.5 Å². The van der Waals surface area contributed by atoms with Crippen LogP contribution in [0.4, 0.5) is 0 Å². The van der Waals surface area contributed by atoms with Crippen LogP contribution >= 0.6 is 36.6 Å². The van der Waals surface area contributed by atoms with Crippen molar-refractivity contribution in [3.63, 3.8) is 0 Å². The van der Waals surface area contributed by atoms with Crippen molar-refractivity contribution in [1.29, 1.82) is 0 Å². The third-order valence-electron chi connectivity index (χ3n) is 3.53. The van der Waals surface area contributed by atoms with E-state index in [0.29, 0.717) is 0 Å². The number of esters is 1. The Labute approximate surface area is 220 Å². The predicted octanol–water partition coefficient (Wildman–Crippen LogP) is 0.175. The highest BCUT2D eigenvalue weighted by molar-refractivity contribution is 8.00. The van der Waals surface area contributed by atoms with E-state index in [0.717, 1.165) is 11.8 Å². The minimum Gasteiger partial charge on any atom is -0.480 e. The van der Waals surface area contributed by atoms with Crippen molar-refractivity contribution in [1.82, 2.24) is 10.6 Å². The second-order valence-electron chi connectivity index (χ2n) is 7.69. The highest BCUT2D eigenvalue weighted by Gasteiger charge is 2.24. The fourth-order valence-electron chi connectivity index (χ4n) is 1.95. The van der Waals surface area contributed by atoms with Crippen LogP contribution in [-0.2, 0) is 33.5 Å². The molecule has 0 fully saturated rings. The Morgan fingerprint density at radius 1 is 1.11 bits per heavy atom. The van der Waals surface area contributed by atoms with Crippen LogP contribution in [0.2, 0.25) is 0 Å². The van der Waals surface area contributed by atoms with Gasteiger partial charge in [0.2, 0.25) is 11.8 Å². The number of thioether (sulfide) groups is 1. The summed E-state index contributed by atoms with van der Waals surface area (Å²) in [7, 11) is 0. The highest BCUT2D eigenvalue weighted by Crippen LogP contribution is 2.11. The topological polar surface area (TPSA) is 207 Å². The van der Waals surface area contributed by atoms with Crippen molar-refractivity contribution < 1.29 is 43.8 Å². The molecule has 0 saturated heterocycles. The molecule has 6 N–H and O–H groups in total. The predicted molar refractivity (Wildman–Crippen MR) is 134 cm³/mol. The first kappa shape index (κ1) is 37.3. The molecule has 0 aliphatic heterocycles. The zero-order chi connectivity index (χ0) is 25.6. The second kappa shape index (κ2) is 19.0. The number of nitrogens with zero attached hydrogens (tertiary/aromatic N) is 1. The lowest BCUT2D eigenvalue weighted by Crippen LogP contribution is -2.49. The van der Waals surface area contributed by atoms with Crippen molar-refractivity contribution >= 4 is 72.0 Å². The number of nitrogens with one attached hydrogen (secondary N) is 2. The number of nitrogens with two attached hydrogens (primary N) is 1. The summed E-state index contributed by atoms with van der Waals surface area (Å²) >= 11 is 1.05. The molecule has 2 amide bonds. The molecular weight excluding hydrogens is 531 g/mol. The van der Waals surface area contributed by atoms with Gasteiger partial charge in [0.15, 0.2) is 5.71 Å². The van der Waals surface area contributed by atoms with E-state index in [-0.39, 0.29) is 61.5 Å². The molecule has 0 saturated carbocycles. The number of hydrogen-bond donors (Lipinski definition) is 5. The maximum atomic E-state index is 12.3. The molecule has 2 atom stereocenters. The van der Waals surface area contributed by atoms with Crippen LogP contribution in [0.25, 0.3) is 0 Å². The molecule has 0 aromatic carbocycles. The molecule has 0 bridgehead atoms. The van der Waals surface area contributed by atoms with Crippen LogP contribution in [0.1, 0.15) is 40.5 Å². The Morgan fingerprint density at radius 2 is 1.71 bits per heavy atom. The van der Waals surface area contributed by atoms with Crippen molar-refractivity contribution in [3.8, 4) is 0 Å². The number of amides is 2. The van der Waals surface area contributed by atoms with Gasteiger partial charge in [-0.15, -0.1) is 24.8 Å². The third kappa shape index (κ3) is 18.7. The van der Waals surface area contributed by atoms with Crippen LogP contribution < -0.4 is 16.4 Å². The Bertz CT molecular complexity index is 748. The van der Waals surface area contributed by atoms with E-state index in [1.54, 1.807) is 27.7 Å². The Morgan fingerprint density at radius 3 is 2.20 bits per heavy atom. The average Bonchev–Trinajstić information content (AvgIpc) is 2.70. The zero-order valence-corrected chi connectivity index (χ0v) is 22.3. The van der Waals surface area contributed by atoms with Crippen LogP contribution in [0.15, 0.2) is 5.16 Å². The number of carbonyl (C=O) groups excluding carboxylic acids is 3. The number of carboxylic acids is 2. The van der Waals surface area contributed by atoms with E-state index >= 15 is 0 Å². The van der Waals surface area contributed by atoms with Crippen molar-refractivity contribution in [3.05, 3.63) is 0 Å². The molecule has 16 heteroatoms. The van der Waals surface area contributed by atoms with Crippen molar-refractivity contribution in [2.24, 2.45) is 10.9 Å². The van der Waals surface area contributed by atoms with Gasteiger partial charge in [0, 0.05) is 17.9 Å². The van der Waals surface area contributed by atoms with E-state index in [2.05, 4.69) is 15.8 Å². The molecular formula is C19H34Cl2N4O9S. The molecule has 35 heavy (non-hydrogen) atoms. The molecule has 0 aliphatic carbocycles. The van der Waals surface area contributed by atoms with Crippen LogP contribution in [0, 0.1) is 0 Å². The lowest BCUT2D eigenvalue weighted by Gasteiger charge is -2.19. The van der Waals surface area contributed by atoms with E-state index < -0.39 is 54.0 Å². The Balaban J connectivity index is -0.00000512. The van der Waals surface area contributed by atoms with Gasteiger partial charge in [-0.1, -0.05) is 5.16 Å². The molecule has 0 rings (SSSR count). The molecule has 0 radical (unpaired) electrons. The normalized spacial score (nSPS) is 12.7. The van der Waals surface area contributed by atoms with Crippen molar-refractivity contribution in [2.75, 3.05) is 24.7 Å². The van der Waals surface area contributed by atoms with Gasteiger partial charge in [-0.05, 0) is 34.1 Å². The lowest BCUT2D eigenvalue weighted by atomic mass is 10.1. The van der Waals surface area contributed by atoms with Gasteiger partial charge >= 0.3 is 17.9 Å². The largest absolute Gasteiger partial charge is 0.480 e. The van der Waals surface area contributed by atoms with Gasteiger partial charge in [-0.25, -0.2) is 4.79 Å². The third-order valence-corrected chi connectivity index (χ3v) is 4.58. The molecule has 0 aromatic rings. The Hall–Kier alpha value is -2.29. The summed E-state index contributed by atoms with van der Waals surface area (Å²) in [4.78, 5) is 63.3. The summed E-state index contributed by atoms with van der Waals surface area (Å²) in [5.41, 5.74) is 4.66. The quantitative estimate of drug-likeness (QED) is 0.103. The zero-order valence-electron chi connectivity index (χ0n) is 19.9. The molecule has 0 aromatic heterocycles. The van der Waals surface area contributed by atoms with Crippen LogP contribution in [0.3, 0.4) is 0 Å². The minimum atomic E-state index is -1.27. The molecule has 204 valence electrons. The fraction of sp³-hybridized carbons (Fsp3) is 0.684. The smallest absolute Gasteiger partial charge is 0.356 e. The first-order chi connectivity index (χ1) is 15.3. The summed E-state index contributed by atoms with van der Waals surface area (Å²) < 4.78 is 4.94. The van der Waals surface area contributed by atoms with Gasteiger partial charge < -0.3 is 36.2 Å². The highest BCUT2D eigenvalue weighted by atomic mass is 35.5. The van der Waals surface area contributed by atoms with Gasteiger partial charge in [-0.3, -0.25) is 19.2 Å². The first-order valence-electron chi connectivity index (χ1n) is 10.0. The number of hydrogen-bond acceptors (Lipinski definition) is 10. The maximum Gasteiger partial charge on any atom is 0.356 e. The number of carboxylic acid groups (broad SMARTS) is 2. The summed E-state index contributed by atoms with van der Waals surface area (Å²) in [6.45, 7) is 6.30. The van der Waals surface area contributed by atoms with Crippen molar-refractivity contribution in [2.45, 2.75) is 58.2 Å². The average molecular weight is 565 g/mol. The lowest BCUT2D eigenvalue weighted by molar-refractivity contribution is -0.139. The minimum absolute atomic E-state index is 0. The standard InChI is InChI=1S/C19H32N4O9S.2ClH/c1-5-31-18(30)13(23-32-19(2,3)4)10-33-9-12(16(27)21-8-15(25)26)22-14(24)7-6-11(20)17(28)29;;/h11-12H,5-10,20H2,1-4H3,(H,21,27)(H,22,24)(H,25,26)(H,28,29);2*1H/b23-13-;;. The van der Waals surface area contributed by atoms with Crippen LogP contribution in [0.5, 0.6) is 0 Å². The Kier molecular flexibility index (Phi) is 20.2. The summed E-state index contributed by atoms with van der Waals surface area (Å²) in [6, 6.07) is -2.40. The van der Waals surface area contributed by atoms with E-state index in [1.807, 2.05) is 0 Å². The number of ether oxygens (including phenoxy) is 1. The monoisotopic (exact) mass is 564 g/mol. The summed E-state index contributed by atoms with van der Waals surface area (Å²) in [5, 5.41) is 26.0. The molecule has 13 nitrogen and oxygen atoms in total. The molecule has 0 heterocycles. The number of halogens is 2. The summed E-state index contributed by atoms with van der Waals surface area (Å²) in [6.07, 6.45) is -0.405. The SMILES string of the molecule is CCOC(=O)/C(CSCC(NC(=O)CCC(N)C(=O)O)C(=O)NCC(=O)O)=N\OC(C)(C)C.Cl.Cl. The van der Waals surface area contributed by atoms with E-state index in [1.165, 1.54) is 0 Å². The number of carbonyl (C=O) groups is 5. The van der Waals surface area contributed by atoms with Crippen LogP contribution in [-0.4, -0.2) is 88.0 Å². The number of rotatable bonds is 15. The van der Waals surface area contributed by atoms with Gasteiger partial charge in [0.25, 0.3) is 0 Å². The van der Waals surface area contributed by atoms with Gasteiger partial charge in [0.05, 0.1) is 6.61 Å². The van der Waals surface area contributed by atoms with E-state index in [9.17, 15) is 24.0 Å². The first-order valence-corrected chi connectivity index (χ1v) is 11.2. The number of aliphatic carboxylic acids is 2. The maximum absolute atomic E-state index is 12.3. The molecule has 2 unspecified atom stereocenters. The number of oxime groups is 1. The molecule has 0 spiro atoms.